The lowest BCUT2D eigenvalue weighted by Crippen LogP contribution is -2.36. The largest absolute Gasteiger partial charge is 0.319 e. The molecule has 112 valence electrons. The molecule has 2 heteroatoms. The zero-order valence-corrected chi connectivity index (χ0v) is 13.3. The van der Waals surface area contributed by atoms with E-state index in [0.717, 1.165) is 24.4 Å². The molecule has 0 aromatic heterocycles. The van der Waals surface area contributed by atoms with Gasteiger partial charge in [-0.05, 0) is 86.7 Å². The van der Waals surface area contributed by atoms with Crippen LogP contribution >= 0.6 is 0 Å². The van der Waals surface area contributed by atoms with Crippen LogP contribution in [0.3, 0.4) is 0 Å². The third-order valence-electron chi connectivity index (χ3n) is 4.93. The van der Waals surface area contributed by atoms with E-state index in [1.165, 1.54) is 24.8 Å². The van der Waals surface area contributed by atoms with Crippen molar-refractivity contribution in [3.05, 3.63) is 35.1 Å². The quantitative estimate of drug-likeness (QED) is 0.863. The summed E-state index contributed by atoms with van der Waals surface area (Å²) < 4.78 is 13.2. The van der Waals surface area contributed by atoms with Crippen LogP contribution in [-0.2, 0) is 6.42 Å². The SMILES string of the molecule is CNCC1CCC(C)(C)CC1Cc1ccc(F)cc1C. The minimum absolute atomic E-state index is 0.123. The Hall–Kier alpha value is -0.890. The second-order valence-electron chi connectivity index (χ2n) is 7.26. The van der Waals surface area contributed by atoms with Gasteiger partial charge in [-0.25, -0.2) is 4.39 Å². The molecule has 0 amide bonds. The van der Waals surface area contributed by atoms with E-state index >= 15 is 0 Å². The smallest absolute Gasteiger partial charge is 0.123 e. The van der Waals surface area contributed by atoms with Crippen LogP contribution in [0.5, 0.6) is 0 Å². The highest BCUT2D eigenvalue weighted by molar-refractivity contribution is 5.27. The van der Waals surface area contributed by atoms with Crippen LogP contribution in [0.1, 0.15) is 44.2 Å². The summed E-state index contributed by atoms with van der Waals surface area (Å²) in [6.45, 7) is 7.89. The Labute approximate surface area is 123 Å². The first-order valence-corrected chi connectivity index (χ1v) is 7.81. The molecule has 2 rings (SSSR count). The molecule has 0 radical (unpaired) electrons. The zero-order valence-electron chi connectivity index (χ0n) is 13.3. The molecule has 20 heavy (non-hydrogen) atoms. The molecule has 1 saturated carbocycles. The normalized spacial score (nSPS) is 25.6. The topological polar surface area (TPSA) is 12.0 Å². The number of rotatable bonds is 4. The summed E-state index contributed by atoms with van der Waals surface area (Å²) in [4.78, 5) is 0. The second-order valence-corrected chi connectivity index (χ2v) is 7.26. The van der Waals surface area contributed by atoms with E-state index < -0.39 is 0 Å². The lowest BCUT2D eigenvalue weighted by atomic mass is 9.65. The van der Waals surface area contributed by atoms with Gasteiger partial charge in [-0.3, -0.25) is 0 Å². The zero-order chi connectivity index (χ0) is 14.8. The summed E-state index contributed by atoms with van der Waals surface area (Å²) >= 11 is 0. The van der Waals surface area contributed by atoms with Gasteiger partial charge in [0.2, 0.25) is 0 Å². The minimum atomic E-state index is -0.123. The summed E-state index contributed by atoms with van der Waals surface area (Å²) in [7, 11) is 2.04. The van der Waals surface area contributed by atoms with Crippen molar-refractivity contribution in [2.24, 2.45) is 17.3 Å². The van der Waals surface area contributed by atoms with Gasteiger partial charge in [0, 0.05) is 0 Å². The molecule has 1 aliphatic carbocycles. The first-order chi connectivity index (χ1) is 9.41. The highest BCUT2D eigenvalue weighted by Crippen LogP contribution is 2.43. The molecule has 2 unspecified atom stereocenters. The van der Waals surface area contributed by atoms with Crippen molar-refractivity contribution in [3.63, 3.8) is 0 Å². The molecule has 0 heterocycles. The molecule has 0 aliphatic heterocycles. The van der Waals surface area contributed by atoms with Gasteiger partial charge in [0.15, 0.2) is 0 Å². The van der Waals surface area contributed by atoms with E-state index in [2.05, 4.69) is 19.2 Å². The van der Waals surface area contributed by atoms with E-state index in [-0.39, 0.29) is 5.82 Å². The molecule has 1 N–H and O–H groups in total. The number of aryl methyl sites for hydroxylation is 1. The maximum atomic E-state index is 13.2. The van der Waals surface area contributed by atoms with Crippen LogP contribution in [0, 0.1) is 30.0 Å². The lowest BCUT2D eigenvalue weighted by Gasteiger charge is -2.41. The summed E-state index contributed by atoms with van der Waals surface area (Å²) in [6, 6.07) is 5.24. The van der Waals surface area contributed by atoms with Crippen LogP contribution < -0.4 is 5.32 Å². The van der Waals surface area contributed by atoms with Gasteiger partial charge in [-0.15, -0.1) is 0 Å². The highest BCUT2D eigenvalue weighted by Gasteiger charge is 2.34. The Morgan fingerprint density at radius 3 is 2.70 bits per heavy atom. The number of hydrogen-bond donors (Lipinski definition) is 1. The number of hydrogen-bond acceptors (Lipinski definition) is 1. The molecule has 1 nitrogen and oxygen atoms in total. The van der Waals surface area contributed by atoms with Crippen LogP contribution in [0.25, 0.3) is 0 Å². The van der Waals surface area contributed by atoms with Gasteiger partial charge < -0.3 is 5.32 Å². The van der Waals surface area contributed by atoms with E-state index in [0.29, 0.717) is 11.3 Å². The molecule has 1 aromatic carbocycles. The molecule has 1 fully saturated rings. The van der Waals surface area contributed by atoms with Gasteiger partial charge in [0.25, 0.3) is 0 Å². The van der Waals surface area contributed by atoms with E-state index in [1.54, 1.807) is 12.1 Å². The third kappa shape index (κ3) is 3.82. The van der Waals surface area contributed by atoms with Crippen LogP contribution in [-0.4, -0.2) is 13.6 Å². The number of halogens is 1. The fourth-order valence-electron chi connectivity index (χ4n) is 3.73. The predicted molar refractivity (Wildman–Crippen MR) is 83.4 cm³/mol. The van der Waals surface area contributed by atoms with Gasteiger partial charge in [0.1, 0.15) is 5.82 Å². The first kappa shape index (κ1) is 15.5. The molecule has 0 bridgehead atoms. The Bertz CT molecular complexity index is 453. The summed E-state index contributed by atoms with van der Waals surface area (Å²) in [5, 5.41) is 3.34. The number of nitrogens with one attached hydrogen (secondary N) is 1. The molecule has 1 aromatic rings. The van der Waals surface area contributed by atoms with Crippen LogP contribution in [0.15, 0.2) is 18.2 Å². The molecular formula is C18H28FN. The summed E-state index contributed by atoms with van der Waals surface area (Å²) in [6.07, 6.45) is 4.98. The number of benzene rings is 1. The monoisotopic (exact) mass is 277 g/mol. The van der Waals surface area contributed by atoms with Crippen molar-refractivity contribution in [2.75, 3.05) is 13.6 Å². The van der Waals surface area contributed by atoms with Gasteiger partial charge in [-0.2, -0.15) is 0 Å². The van der Waals surface area contributed by atoms with Gasteiger partial charge in [-0.1, -0.05) is 19.9 Å². The van der Waals surface area contributed by atoms with E-state index in [1.807, 2.05) is 20.0 Å². The Kier molecular flexibility index (Phi) is 4.85. The van der Waals surface area contributed by atoms with Crippen molar-refractivity contribution in [1.29, 1.82) is 0 Å². The average molecular weight is 277 g/mol. The van der Waals surface area contributed by atoms with E-state index in [9.17, 15) is 4.39 Å². The molecule has 1 aliphatic rings. The van der Waals surface area contributed by atoms with Crippen molar-refractivity contribution < 1.29 is 4.39 Å². The Balaban J connectivity index is 2.14. The summed E-state index contributed by atoms with van der Waals surface area (Å²) in [5.41, 5.74) is 2.86. The first-order valence-electron chi connectivity index (χ1n) is 7.81. The molecule has 0 spiro atoms. The standard InChI is InChI=1S/C18H28FN/c1-13-9-17(19)6-5-14(13)10-16-11-18(2,3)8-7-15(16)12-20-4/h5-6,9,15-16,20H,7-8,10-12H2,1-4H3. The van der Waals surface area contributed by atoms with Crippen molar-refractivity contribution in [1.82, 2.24) is 5.32 Å². The van der Waals surface area contributed by atoms with Crippen molar-refractivity contribution in [3.8, 4) is 0 Å². The van der Waals surface area contributed by atoms with Gasteiger partial charge in [0.05, 0.1) is 0 Å². The van der Waals surface area contributed by atoms with Crippen LogP contribution in [0.4, 0.5) is 4.39 Å². The lowest BCUT2D eigenvalue weighted by molar-refractivity contribution is 0.117. The Morgan fingerprint density at radius 1 is 1.30 bits per heavy atom. The highest BCUT2D eigenvalue weighted by atomic mass is 19.1. The van der Waals surface area contributed by atoms with Crippen molar-refractivity contribution in [2.45, 2.75) is 46.5 Å². The average Bonchev–Trinajstić information content (AvgIpc) is 2.36. The van der Waals surface area contributed by atoms with Crippen molar-refractivity contribution >= 4 is 0 Å². The third-order valence-corrected chi connectivity index (χ3v) is 4.93. The summed E-state index contributed by atoms with van der Waals surface area (Å²) in [5.74, 6) is 1.33. The minimum Gasteiger partial charge on any atom is -0.319 e. The maximum absolute atomic E-state index is 13.2. The molecular weight excluding hydrogens is 249 g/mol. The fourth-order valence-corrected chi connectivity index (χ4v) is 3.73. The Morgan fingerprint density at radius 2 is 2.05 bits per heavy atom. The molecule has 2 atom stereocenters. The fraction of sp³-hybridized carbons (Fsp3) is 0.667. The maximum Gasteiger partial charge on any atom is 0.123 e. The van der Waals surface area contributed by atoms with Gasteiger partial charge >= 0.3 is 0 Å². The second kappa shape index (κ2) is 6.26. The predicted octanol–water partition coefficient (Wildman–Crippen LogP) is 4.34. The van der Waals surface area contributed by atoms with E-state index in [4.69, 9.17) is 0 Å². The molecule has 0 saturated heterocycles. The van der Waals surface area contributed by atoms with Crippen LogP contribution in [0.2, 0.25) is 0 Å².